The monoisotopic (exact) mass is 342 g/mol. The number of phenols is 1. The van der Waals surface area contributed by atoms with Crippen molar-refractivity contribution in [2.75, 3.05) is 23.3 Å². The maximum Gasteiger partial charge on any atom is 0.229 e. The minimum atomic E-state index is -0.348. The lowest BCUT2D eigenvalue weighted by molar-refractivity contribution is 0.101. The Morgan fingerprint density at radius 2 is 2.20 bits per heavy atom. The molecule has 1 saturated heterocycles. The van der Waals surface area contributed by atoms with Gasteiger partial charge in [0, 0.05) is 19.3 Å². The number of anilines is 3. The maximum absolute atomic E-state index is 11.7. The highest BCUT2D eigenvalue weighted by molar-refractivity contribution is 5.99. The van der Waals surface area contributed by atoms with E-state index in [4.69, 9.17) is 0 Å². The van der Waals surface area contributed by atoms with Crippen molar-refractivity contribution >= 4 is 23.2 Å². The Hall–Kier alpha value is -2.67. The highest BCUT2D eigenvalue weighted by Gasteiger charge is 2.19. The lowest BCUT2D eigenvalue weighted by Gasteiger charge is -2.31. The summed E-state index contributed by atoms with van der Waals surface area (Å²) in [5.41, 5.74) is 1.50. The number of ketones is 1. The van der Waals surface area contributed by atoms with E-state index in [0.29, 0.717) is 18.2 Å². The molecule has 0 amide bonds. The number of aromatic nitrogens is 2. The second-order valence-electron chi connectivity index (χ2n) is 6.37. The van der Waals surface area contributed by atoms with Crippen molar-refractivity contribution in [2.45, 2.75) is 32.8 Å². The Kier molecular flexibility index (Phi) is 4.85. The molecule has 0 radical (unpaired) electrons. The summed E-state index contributed by atoms with van der Waals surface area (Å²) < 4.78 is 0. The van der Waals surface area contributed by atoms with Crippen molar-refractivity contribution in [1.82, 2.24) is 9.97 Å². The minimum absolute atomic E-state index is 0.111. The molecule has 1 unspecified atom stereocenters. The SMILES string of the molecule is CC(=O)c1cc(C)cc(Nc2nccc(N3CCCC(O)C3)n2)c1O. The first-order valence-corrected chi connectivity index (χ1v) is 8.31. The number of hydrogen-bond donors (Lipinski definition) is 3. The van der Waals surface area contributed by atoms with Crippen molar-refractivity contribution in [3.05, 3.63) is 35.5 Å². The van der Waals surface area contributed by atoms with Crippen molar-refractivity contribution < 1.29 is 15.0 Å². The third kappa shape index (κ3) is 3.88. The first-order chi connectivity index (χ1) is 11.9. The number of β-amino-alcohol motifs (C(OH)–C–C–N with tert-alkyl or cyclic N) is 1. The molecule has 0 bridgehead atoms. The van der Waals surface area contributed by atoms with Gasteiger partial charge in [-0.1, -0.05) is 0 Å². The van der Waals surface area contributed by atoms with Gasteiger partial charge in [0.25, 0.3) is 0 Å². The molecule has 7 heteroatoms. The number of rotatable bonds is 4. The average molecular weight is 342 g/mol. The van der Waals surface area contributed by atoms with Gasteiger partial charge >= 0.3 is 0 Å². The number of hydrogen-bond acceptors (Lipinski definition) is 7. The molecule has 1 aliphatic rings. The molecule has 2 heterocycles. The molecular formula is C18H22N4O3. The van der Waals surface area contributed by atoms with Gasteiger partial charge < -0.3 is 20.4 Å². The minimum Gasteiger partial charge on any atom is -0.505 e. The second kappa shape index (κ2) is 7.06. The summed E-state index contributed by atoms with van der Waals surface area (Å²) in [4.78, 5) is 22.3. The quantitative estimate of drug-likeness (QED) is 0.579. The van der Waals surface area contributed by atoms with Gasteiger partial charge in [0.15, 0.2) is 5.78 Å². The highest BCUT2D eigenvalue weighted by atomic mass is 16.3. The normalized spacial score (nSPS) is 17.4. The van der Waals surface area contributed by atoms with Gasteiger partial charge in [-0.25, -0.2) is 4.98 Å². The number of aliphatic hydroxyl groups excluding tert-OH is 1. The Labute approximate surface area is 146 Å². The van der Waals surface area contributed by atoms with Crippen LogP contribution in [0, 0.1) is 6.92 Å². The van der Waals surface area contributed by atoms with E-state index in [9.17, 15) is 15.0 Å². The lowest BCUT2D eigenvalue weighted by atomic mass is 10.1. The van der Waals surface area contributed by atoms with E-state index in [-0.39, 0.29) is 23.2 Å². The van der Waals surface area contributed by atoms with Gasteiger partial charge in [-0.2, -0.15) is 4.98 Å². The molecule has 0 saturated carbocycles. The number of benzene rings is 1. The predicted molar refractivity (Wildman–Crippen MR) is 95.6 cm³/mol. The van der Waals surface area contributed by atoms with E-state index >= 15 is 0 Å². The van der Waals surface area contributed by atoms with Crippen LogP contribution in [-0.2, 0) is 0 Å². The summed E-state index contributed by atoms with van der Waals surface area (Å²) >= 11 is 0. The number of carbonyl (C=O) groups excluding carboxylic acids is 1. The highest BCUT2D eigenvalue weighted by Crippen LogP contribution is 2.31. The molecule has 0 spiro atoms. The first-order valence-electron chi connectivity index (χ1n) is 8.31. The van der Waals surface area contributed by atoms with Gasteiger partial charge in [0.1, 0.15) is 11.6 Å². The van der Waals surface area contributed by atoms with Crippen molar-refractivity contribution in [2.24, 2.45) is 0 Å². The predicted octanol–water partition coefficient (Wildman–Crippen LogP) is 2.40. The number of carbonyl (C=O) groups is 1. The smallest absolute Gasteiger partial charge is 0.229 e. The fraction of sp³-hybridized carbons (Fsp3) is 0.389. The zero-order valence-corrected chi connectivity index (χ0v) is 14.4. The van der Waals surface area contributed by atoms with Crippen LogP contribution < -0.4 is 10.2 Å². The number of aryl methyl sites for hydroxylation is 1. The van der Waals surface area contributed by atoms with Crippen LogP contribution in [0.5, 0.6) is 5.75 Å². The van der Waals surface area contributed by atoms with Crippen molar-refractivity contribution in [1.29, 1.82) is 0 Å². The summed E-state index contributed by atoms with van der Waals surface area (Å²) in [6.45, 7) is 4.64. The Morgan fingerprint density at radius 3 is 2.92 bits per heavy atom. The van der Waals surface area contributed by atoms with Gasteiger partial charge in [0.05, 0.1) is 17.4 Å². The summed E-state index contributed by atoms with van der Waals surface area (Å²) in [7, 11) is 0. The summed E-state index contributed by atoms with van der Waals surface area (Å²) in [5.74, 6) is 0.727. The zero-order valence-electron chi connectivity index (χ0n) is 14.4. The van der Waals surface area contributed by atoms with Crippen LogP contribution in [-0.4, -0.2) is 45.2 Å². The summed E-state index contributed by atoms with van der Waals surface area (Å²) in [6, 6.07) is 5.18. The number of Topliss-reactive ketones (excluding diaryl/α,β-unsaturated/α-hetero) is 1. The molecule has 3 rings (SSSR count). The molecule has 1 aliphatic heterocycles. The van der Waals surface area contributed by atoms with Crippen LogP contribution in [0.4, 0.5) is 17.5 Å². The molecule has 25 heavy (non-hydrogen) atoms. The Balaban J connectivity index is 1.87. The molecule has 7 nitrogen and oxygen atoms in total. The molecule has 3 N–H and O–H groups in total. The van der Waals surface area contributed by atoms with Crippen LogP contribution in [0.25, 0.3) is 0 Å². The number of piperidine rings is 1. The summed E-state index contributed by atoms with van der Waals surface area (Å²) in [6.07, 6.45) is 3.00. The lowest BCUT2D eigenvalue weighted by Crippen LogP contribution is -2.38. The fourth-order valence-corrected chi connectivity index (χ4v) is 3.01. The van der Waals surface area contributed by atoms with E-state index in [2.05, 4.69) is 15.3 Å². The number of aromatic hydroxyl groups is 1. The molecule has 2 aromatic rings. The summed E-state index contributed by atoms with van der Waals surface area (Å²) in [5, 5.41) is 23.1. The molecule has 132 valence electrons. The molecular weight excluding hydrogens is 320 g/mol. The molecule has 1 atom stereocenters. The zero-order chi connectivity index (χ0) is 18.0. The Morgan fingerprint density at radius 1 is 1.40 bits per heavy atom. The van der Waals surface area contributed by atoms with Gasteiger partial charge in [-0.05, 0) is 50.5 Å². The third-order valence-corrected chi connectivity index (χ3v) is 4.24. The largest absolute Gasteiger partial charge is 0.505 e. The Bertz CT molecular complexity index is 794. The molecule has 1 aromatic heterocycles. The second-order valence-corrected chi connectivity index (χ2v) is 6.37. The average Bonchev–Trinajstić information content (AvgIpc) is 2.58. The van der Waals surface area contributed by atoms with E-state index in [1.165, 1.54) is 6.92 Å². The van der Waals surface area contributed by atoms with Gasteiger partial charge in [-0.15, -0.1) is 0 Å². The van der Waals surface area contributed by atoms with Crippen LogP contribution in [0.3, 0.4) is 0 Å². The third-order valence-electron chi connectivity index (χ3n) is 4.24. The van der Waals surface area contributed by atoms with Crippen LogP contribution >= 0.6 is 0 Å². The van der Waals surface area contributed by atoms with E-state index in [1.54, 1.807) is 24.4 Å². The van der Waals surface area contributed by atoms with Crippen molar-refractivity contribution in [3.63, 3.8) is 0 Å². The van der Waals surface area contributed by atoms with Gasteiger partial charge in [0.2, 0.25) is 5.95 Å². The maximum atomic E-state index is 11.7. The number of nitrogens with zero attached hydrogens (tertiary/aromatic N) is 3. The number of phenolic OH excluding ortho intramolecular Hbond substituents is 1. The topological polar surface area (TPSA) is 98.6 Å². The van der Waals surface area contributed by atoms with Crippen LogP contribution in [0.1, 0.15) is 35.7 Å². The molecule has 0 aliphatic carbocycles. The van der Waals surface area contributed by atoms with Crippen LogP contribution in [0.15, 0.2) is 24.4 Å². The number of nitrogens with one attached hydrogen (secondary N) is 1. The van der Waals surface area contributed by atoms with E-state index < -0.39 is 0 Å². The van der Waals surface area contributed by atoms with Crippen LogP contribution in [0.2, 0.25) is 0 Å². The van der Waals surface area contributed by atoms with Crippen molar-refractivity contribution in [3.8, 4) is 5.75 Å². The molecule has 1 aromatic carbocycles. The standard InChI is InChI=1S/C18H22N4O3/c1-11-8-14(12(2)23)17(25)15(9-11)20-18-19-6-5-16(21-18)22-7-3-4-13(24)10-22/h5-6,8-9,13,24-25H,3-4,7,10H2,1-2H3,(H,19,20,21). The van der Waals surface area contributed by atoms with E-state index in [0.717, 1.165) is 30.8 Å². The van der Waals surface area contributed by atoms with Gasteiger partial charge in [-0.3, -0.25) is 4.79 Å². The number of aliphatic hydroxyl groups is 1. The van der Waals surface area contributed by atoms with E-state index in [1.807, 2.05) is 11.8 Å². The first kappa shape index (κ1) is 17.2. The molecule has 1 fully saturated rings. The fourth-order valence-electron chi connectivity index (χ4n) is 3.01.